The Morgan fingerprint density at radius 3 is 2.53 bits per heavy atom. The molecule has 0 unspecified atom stereocenters. The minimum absolute atomic E-state index is 0.0645. The van der Waals surface area contributed by atoms with E-state index >= 15 is 0 Å². The van der Waals surface area contributed by atoms with Gasteiger partial charge in [0.2, 0.25) is 0 Å². The van der Waals surface area contributed by atoms with E-state index < -0.39 is 10.7 Å². The summed E-state index contributed by atoms with van der Waals surface area (Å²) in [7, 11) is 0. The Bertz CT molecular complexity index is 456. The van der Waals surface area contributed by atoms with Crippen LogP contribution in [0, 0.1) is 10.1 Å². The highest BCUT2D eigenvalue weighted by molar-refractivity contribution is 9.10. The third-order valence-corrected chi connectivity index (χ3v) is 2.50. The van der Waals surface area contributed by atoms with Crippen LogP contribution in [0.15, 0.2) is 16.6 Å². The van der Waals surface area contributed by atoms with Gasteiger partial charge < -0.3 is 0 Å². The highest BCUT2D eigenvalue weighted by Gasteiger charge is 2.19. The van der Waals surface area contributed by atoms with Crippen molar-refractivity contribution in [2.24, 2.45) is 0 Å². The van der Waals surface area contributed by atoms with Gasteiger partial charge in [-0.25, -0.2) is 0 Å². The van der Waals surface area contributed by atoms with Gasteiger partial charge in [-0.15, -0.1) is 0 Å². The summed E-state index contributed by atoms with van der Waals surface area (Å²) >= 11 is 3.01. The van der Waals surface area contributed by atoms with Crippen molar-refractivity contribution in [2.75, 3.05) is 0 Å². The maximum atomic E-state index is 11.1. The molecule has 0 saturated carbocycles. The van der Waals surface area contributed by atoms with Crippen LogP contribution in [0.2, 0.25) is 0 Å². The number of rotatable bonds is 3. The van der Waals surface area contributed by atoms with Crippen molar-refractivity contribution in [2.45, 2.75) is 6.92 Å². The zero-order valence-electron chi connectivity index (χ0n) is 7.69. The number of aldehydes is 1. The Morgan fingerprint density at radius 2 is 2.13 bits per heavy atom. The molecule has 0 saturated heterocycles. The van der Waals surface area contributed by atoms with Crippen LogP contribution in [-0.4, -0.2) is 17.0 Å². The predicted molar refractivity (Wildman–Crippen MR) is 56.2 cm³/mol. The number of nitro groups is 1. The molecule has 0 N–H and O–H groups in total. The van der Waals surface area contributed by atoms with Crippen LogP contribution in [0.1, 0.15) is 27.6 Å². The van der Waals surface area contributed by atoms with Crippen molar-refractivity contribution >= 4 is 33.7 Å². The van der Waals surface area contributed by atoms with E-state index in [0.717, 1.165) is 6.07 Å². The lowest BCUT2D eigenvalue weighted by Crippen LogP contribution is -2.02. The van der Waals surface area contributed by atoms with Gasteiger partial charge in [-0.05, 0) is 28.9 Å². The molecule has 0 radical (unpaired) electrons. The molecular formula is C9H6BrNO4. The summed E-state index contributed by atoms with van der Waals surface area (Å²) in [4.78, 5) is 31.7. The standard InChI is InChI=1S/C9H6BrNO4/c1-5(13)7-2-6(4-12)8(10)3-9(7)11(14)15/h2-4H,1H3. The molecule has 5 nitrogen and oxygen atoms in total. The molecule has 0 spiro atoms. The maximum Gasteiger partial charge on any atom is 0.281 e. The van der Waals surface area contributed by atoms with E-state index in [1.54, 1.807) is 0 Å². The summed E-state index contributed by atoms with van der Waals surface area (Å²) in [6.45, 7) is 1.21. The summed E-state index contributed by atoms with van der Waals surface area (Å²) in [5.41, 5.74) is -0.156. The Morgan fingerprint density at radius 1 is 1.53 bits per heavy atom. The van der Waals surface area contributed by atoms with Crippen LogP contribution >= 0.6 is 15.9 Å². The summed E-state index contributed by atoms with van der Waals surface area (Å²) in [5, 5.41) is 10.6. The molecule has 0 aliphatic rings. The first-order valence-corrected chi connectivity index (χ1v) is 4.70. The van der Waals surface area contributed by atoms with E-state index in [2.05, 4.69) is 15.9 Å². The largest absolute Gasteiger partial charge is 0.298 e. The average molecular weight is 272 g/mol. The number of carbonyl (C=O) groups excluding carboxylic acids is 2. The van der Waals surface area contributed by atoms with E-state index in [1.807, 2.05) is 0 Å². The van der Waals surface area contributed by atoms with Crippen molar-refractivity contribution < 1.29 is 14.5 Å². The fourth-order valence-electron chi connectivity index (χ4n) is 1.10. The summed E-state index contributed by atoms with van der Waals surface area (Å²) in [6.07, 6.45) is 0.528. The number of carbonyl (C=O) groups is 2. The molecule has 78 valence electrons. The molecule has 15 heavy (non-hydrogen) atoms. The zero-order valence-corrected chi connectivity index (χ0v) is 9.28. The topological polar surface area (TPSA) is 77.3 Å². The highest BCUT2D eigenvalue weighted by atomic mass is 79.9. The first-order chi connectivity index (χ1) is 6.97. The fraction of sp³-hybridized carbons (Fsp3) is 0.111. The zero-order chi connectivity index (χ0) is 11.6. The van der Waals surface area contributed by atoms with Crippen molar-refractivity contribution in [3.05, 3.63) is 37.8 Å². The van der Waals surface area contributed by atoms with Crippen LogP contribution in [0.25, 0.3) is 0 Å². The predicted octanol–water partition coefficient (Wildman–Crippen LogP) is 2.37. The van der Waals surface area contributed by atoms with Crippen molar-refractivity contribution in [3.63, 3.8) is 0 Å². The SMILES string of the molecule is CC(=O)c1cc(C=O)c(Br)cc1[N+](=O)[O-]. The quantitative estimate of drug-likeness (QED) is 0.366. The first kappa shape index (κ1) is 11.5. The summed E-state index contributed by atoms with van der Waals surface area (Å²) in [6, 6.07) is 2.36. The molecule has 0 bridgehead atoms. The lowest BCUT2D eigenvalue weighted by atomic mass is 10.1. The number of benzene rings is 1. The Balaban J connectivity index is 3.52. The van der Waals surface area contributed by atoms with Gasteiger partial charge in [0, 0.05) is 16.1 Å². The van der Waals surface area contributed by atoms with Crippen LogP contribution < -0.4 is 0 Å². The van der Waals surface area contributed by atoms with Crippen molar-refractivity contribution in [1.82, 2.24) is 0 Å². The lowest BCUT2D eigenvalue weighted by molar-refractivity contribution is -0.385. The van der Waals surface area contributed by atoms with E-state index in [9.17, 15) is 19.7 Å². The van der Waals surface area contributed by atoms with Crippen LogP contribution in [-0.2, 0) is 0 Å². The van der Waals surface area contributed by atoms with Gasteiger partial charge in [0.05, 0.1) is 10.5 Å². The van der Waals surface area contributed by atoms with E-state index in [-0.39, 0.29) is 16.8 Å². The van der Waals surface area contributed by atoms with Crippen LogP contribution in [0.4, 0.5) is 5.69 Å². The molecule has 0 amide bonds. The number of halogens is 1. The Labute approximate surface area is 93.4 Å². The molecule has 0 heterocycles. The summed E-state index contributed by atoms with van der Waals surface area (Å²) < 4.78 is 0.300. The second kappa shape index (κ2) is 4.31. The number of hydrogen-bond donors (Lipinski definition) is 0. The second-order valence-electron chi connectivity index (χ2n) is 2.82. The second-order valence-corrected chi connectivity index (χ2v) is 3.68. The first-order valence-electron chi connectivity index (χ1n) is 3.91. The van der Waals surface area contributed by atoms with Gasteiger partial charge in [-0.2, -0.15) is 0 Å². The van der Waals surface area contributed by atoms with Crippen molar-refractivity contribution in [1.29, 1.82) is 0 Å². The smallest absolute Gasteiger partial charge is 0.281 e. The number of ketones is 1. The molecule has 0 aromatic heterocycles. The average Bonchev–Trinajstić information content (AvgIpc) is 2.16. The van der Waals surface area contributed by atoms with Crippen LogP contribution in [0.5, 0.6) is 0 Å². The third-order valence-electron chi connectivity index (χ3n) is 1.82. The lowest BCUT2D eigenvalue weighted by Gasteiger charge is -2.01. The minimum Gasteiger partial charge on any atom is -0.298 e. The van der Waals surface area contributed by atoms with Gasteiger partial charge in [-0.1, -0.05) is 0 Å². The van der Waals surface area contributed by atoms with Gasteiger partial charge >= 0.3 is 0 Å². The fourth-order valence-corrected chi connectivity index (χ4v) is 1.53. The third kappa shape index (κ3) is 2.27. The van der Waals surface area contributed by atoms with E-state index in [0.29, 0.717) is 10.8 Å². The molecule has 1 rings (SSSR count). The highest BCUT2D eigenvalue weighted by Crippen LogP contribution is 2.26. The van der Waals surface area contributed by atoms with Crippen LogP contribution in [0.3, 0.4) is 0 Å². The molecule has 1 aromatic rings. The number of nitro benzene ring substituents is 1. The van der Waals surface area contributed by atoms with E-state index in [1.165, 1.54) is 13.0 Å². The Hall–Kier alpha value is -1.56. The minimum atomic E-state index is -0.657. The normalized spacial score (nSPS) is 9.73. The molecule has 0 atom stereocenters. The molecule has 0 aliphatic carbocycles. The van der Waals surface area contributed by atoms with Gasteiger partial charge in [-0.3, -0.25) is 19.7 Å². The Kier molecular flexibility index (Phi) is 3.31. The molecular weight excluding hydrogens is 266 g/mol. The molecule has 6 heteroatoms. The van der Waals surface area contributed by atoms with Gasteiger partial charge in [0.15, 0.2) is 12.1 Å². The van der Waals surface area contributed by atoms with E-state index in [4.69, 9.17) is 0 Å². The van der Waals surface area contributed by atoms with Crippen molar-refractivity contribution in [3.8, 4) is 0 Å². The number of nitrogens with zero attached hydrogens (tertiary/aromatic N) is 1. The van der Waals surface area contributed by atoms with Gasteiger partial charge in [0.25, 0.3) is 5.69 Å². The summed E-state index contributed by atoms with van der Waals surface area (Å²) in [5.74, 6) is -0.447. The number of Topliss-reactive ketones (excluding diaryl/α,β-unsaturated/α-hetero) is 1. The molecule has 0 aliphatic heterocycles. The van der Waals surface area contributed by atoms with Gasteiger partial charge in [0.1, 0.15) is 0 Å². The molecule has 1 aromatic carbocycles. The number of hydrogen-bond acceptors (Lipinski definition) is 4. The maximum absolute atomic E-state index is 11.1. The monoisotopic (exact) mass is 271 g/mol. The molecule has 0 fully saturated rings.